The van der Waals surface area contributed by atoms with Crippen LogP contribution in [-0.2, 0) is 9.59 Å². The average Bonchev–Trinajstić information content (AvgIpc) is 2.83. The number of carbonyl (C=O) groups excluding carboxylic acids is 2. The third-order valence-electron chi connectivity index (χ3n) is 3.63. The third-order valence-corrected chi connectivity index (χ3v) is 4.94. The lowest BCUT2D eigenvalue weighted by Gasteiger charge is -2.16. The molecule has 0 spiro atoms. The highest BCUT2D eigenvalue weighted by Crippen LogP contribution is 2.24. The first-order valence-corrected chi connectivity index (χ1v) is 9.06. The first kappa shape index (κ1) is 19.5. The molecule has 1 saturated heterocycles. The van der Waals surface area contributed by atoms with Gasteiger partial charge in [0.1, 0.15) is 5.25 Å². The van der Waals surface area contributed by atoms with Crippen LogP contribution >= 0.6 is 23.4 Å². The van der Waals surface area contributed by atoms with Crippen LogP contribution in [0.4, 0.5) is 5.69 Å². The number of carbonyl (C=O) groups is 2. The minimum absolute atomic E-state index is 0.0456. The number of benzene rings is 1. The smallest absolute Gasteiger partial charge is 0.240 e. The Balaban J connectivity index is 1.95. The Morgan fingerprint density at radius 1 is 1.40 bits per heavy atom. The summed E-state index contributed by atoms with van der Waals surface area (Å²) in [4.78, 5) is 24.1. The molecule has 2 rings (SSSR count). The number of amides is 2. The fourth-order valence-electron chi connectivity index (χ4n) is 1.80. The van der Waals surface area contributed by atoms with E-state index in [-0.39, 0.29) is 23.7 Å². The van der Waals surface area contributed by atoms with E-state index in [1.807, 2.05) is 27.7 Å². The molecule has 0 bridgehead atoms. The molecule has 25 heavy (non-hydrogen) atoms. The zero-order valence-corrected chi connectivity index (χ0v) is 16.2. The molecular weight excluding hydrogens is 360 g/mol. The lowest BCUT2D eigenvalue weighted by atomic mass is 9.91. The molecule has 2 N–H and O–H groups in total. The van der Waals surface area contributed by atoms with Crippen molar-refractivity contribution < 1.29 is 9.59 Å². The maximum absolute atomic E-state index is 12.1. The van der Waals surface area contributed by atoms with Gasteiger partial charge in [-0.25, -0.2) is 0 Å². The van der Waals surface area contributed by atoms with Gasteiger partial charge in [-0.3, -0.25) is 9.59 Å². The van der Waals surface area contributed by atoms with Crippen molar-refractivity contribution >= 4 is 51.7 Å². The van der Waals surface area contributed by atoms with Gasteiger partial charge in [0.15, 0.2) is 5.17 Å². The second-order valence-corrected chi connectivity index (χ2v) is 8.33. The molecule has 1 aromatic rings. The first-order chi connectivity index (χ1) is 11.6. The standard InChI is InChI=1S/C17H21ClN4O2S/c1-10(17(2,3)4)21-22-16-20-15(24)13(25-16)9-14(23)19-12-7-5-6-11(18)8-12/h5-8,13H,9H2,1-4H3,(H,19,23)(H,20,22,24)/t13-/m1/s1. The number of anilines is 1. The molecule has 1 aromatic carbocycles. The summed E-state index contributed by atoms with van der Waals surface area (Å²) in [6.45, 7) is 8.00. The van der Waals surface area contributed by atoms with Gasteiger partial charge in [-0.05, 0) is 25.1 Å². The van der Waals surface area contributed by atoms with Crippen molar-refractivity contribution in [2.24, 2.45) is 15.6 Å². The minimum atomic E-state index is -0.525. The quantitative estimate of drug-likeness (QED) is 0.617. The summed E-state index contributed by atoms with van der Waals surface area (Å²) in [6.07, 6.45) is 0.0456. The van der Waals surface area contributed by atoms with Gasteiger partial charge in [0.2, 0.25) is 11.8 Å². The van der Waals surface area contributed by atoms with Gasteiger partial charge < -0.3 is 10.6 Å². The maximum atomic E-state index is 12.1. The number of thioether (sulfide) groups is 1. The number of amidine groups is 1. The third kappa shape index (κ3) is 5.86. The zero-order chi connectivity index (χ0) is 18.6. The summed E-state index contributed by atoms with van der Waals surface area (Å²) >= 11 is 7.09. The number of halogens is 1. The molecule has 6 nitrogen and oxygen atoms in total. The Hall–Kier alpha value is -1.86. The van der Waals surface area contributed by atoms with E-state index in [9.17, 15) is 9.59 Å². The van der Waals surface area contributed by atoms with Gasteiger partial charge in [-0.2, -0.15) is 5.10 Å². The van der Waals surface area contributed by atoms with E-state index < -0.39 is 5.25 Å². The van der Waals surface area contributed by atoms with Crippen molar-refractivity contribution in [1.82, 2.24) is 5.32 Å². The summed E-state index contributed by atoms with van der Waals surface area (Å²) < 4.78 is 0. The van der Waals surface area contributed by atoms with Gasteiger partial charge in [-0.1, -0.05) is 50.2 Å². The van der Waals surface area contributed by atoms with Crippen LogP contribution < -0.4 is 10.6 Å². The second kappa shape index (κ2) is 8.01. The average molecular weight is 381 g/mol. The second-order valence-electron chi connectivity index (χ2n) is 6.70. The van der Waals surface area contributed by atoms with Crippen LogP contribution in [0.3, 0.4) is 0 Å². The van der Waals surface area contributed by atoms with Crippen LogP contribution in [0.25, 0.3) is 0 Å². The molecule has 2 amide bonds. The number of hydrogen-bond acceptors (Lipinski definition) is 5. The summed E-state index contributed by atoms with van der Waals surface area (Å²) in [7, 11) is 0. The van der Waals surface area contributed by atoms with Crippen LogP contribution in [0, 0.1) is 5.41 Å². The molecule has 0 aliphatic carbocycles. The van der Waals surface area contributed by atoms with Crippen molar-refractivity contribution in [2.75, 3.05) is 5.32 Å². The Labute approximate surface area is 156 Å². The van der Waals surface area contributed by atoms with E-state index in [2.05, 4.69) is 20.8 Å². The van der Waals surface area contributed by atoms with Crippen molar-refractivity contribution in [3.8, 4) is 0 Å². The van der Waals surface area contributed by atoms with E-state index in [4.69, 9.17) is 11.6 Å². The number of rotatable bonds is 4. The highest BCUT2D eigenvalue weighted by molar-refractivity contribution is 8.15. The van der Waals surface area contributed by atoms with Gasteiger partial charge in [0.05, 0.1) is 0 Å². The highest BCUT2D eigenvalue weighted by Gasteiger charge is 2.32. The zero-order valence-electron chi connectivity index (χ0n) is 14.6. The molecular formula is C17H21ClN4O2S. The Morgan fingerprint density at radius 3 is 2.76 bits per heavy atom. The molecule has 1 aliphatic heterocycles. The van der Waals surface area contributed by atoms with E-state index in [0.717, 1.165) is 5.71 Å². The highest BCUT2D eigenvalue weighted by atomic mass is 35.5. The van der Waals surface area contributed by atoms with Crippen LogP contribution in [0.5, 0.6) is 0 Å². The molecule has 0 saturated carbocycles. The summed E-state index contributed by atoms with van der Waals surface area (Å²) in [5, 5.41) is 14.0. The summed E-state index contributed by atoms with van der Waals surface area (Å²) in [6, 6.07) is 6.86. The van der Waals surface area contributed by atoms with Crippen molar-refractivity contribution in [2.45, 2.75) is 39.4 Å². The van der Waals surface area contributed by atoms with Crippen LogP contribution in [0.15, 0.2) is 34.5 Å². The number of hydrogen-bond donors (Lipinski definition) is 2. The molecule has 1 aliphatic rings. The molecule has 0 radical (unpaired) electrons. The van der Waals surface area contributed by atoms with Crippen molar-refractivity contribution in [3.63, 3.8) is 0 Å². The van der Waals surface area contributed by atoms with E-state index in [0.29, 0.717) is 15.9 Å². The molecule has 1 fully saturated rings. The number of nitrogens with one attached hydrogen (secondary N) is 2. The topological polar surface area (TPSA) is 82.9 Å². The molecule has 134 valence electrons. The Morgan fingerprint density at radius 2 is 2.12 bits per heavy atom. The molecule has 0 aromatic heterocycles. The van der Waals surface area contributed by atoms with Crippen LogP contribution in [-0.4, -0.2) is 27.9 Å². The van der Waals surface area contributed by atoms with Crippen LogP contribution in [0.1, 0.15) is 34.1 Å². The SMILES string of the molecule is CC(=NN=C1NC(=O)[C@@H](CC(=O)Nc2cccc(Cl)c2)S1)C(C)(C)C. The predicted molar refractivity (Wildman–Crippen MR) is 104 cm³/mol. The predicted octanol–water partition coefficient (Wildman–Crippen LogP) is 3.68. The maximum Gasteiger partial charge on any atom is 0.240 e. The minimum Gasteiger partial charge on any atom is -0.326 e. The van der Waals surface area contributed by atoms with Crippen LogP contribution in [0.2, 0.25) is 5.02 Å². The molecule has 1 atom stereocenters. The normalized spacial score (nSPS) is 19.9. The van der Waals surface area contributed by atoms with E-state index in [1.54, 1.807) is 24.3 Å². The molecule has 1 heterocycles. The Bertz CT molecular complexity index is 740. The first-order valence-electron chi connectivity index (χ1n) is 7.81. The van der Waals surface area contributed by atoms with Gasteiger partial charge in [-0.15, -0.1) is 5.10 Å². The fraction of sp³-hybridized carbons (Fsp3) is 0.412. The molecule has 0 unspecified atom stereocenters. The fourth-order valence-corrected chi connectivity index (χ4v) is 2.91. The van der Waals surface area contributed by atoms with E-state index >= 15 is 0 Å². The van der Waals surface area contributed by atoms with Gasteiger partial charge >= 0.3 is 0 Å². The lowest BCUT2D eigenvalue weighted by molar-refractivity contribution is -0.122. The number of nitrogens with zero attached hydrogens (tertiary/aromatic N) is 2. The van der Waals surface area contributed by atoms with E-state index in [1.165, 1.54) is 11.8 Å². The summed E-state index contributed by atoms with van der Waals surface area (Å²) in [5.74, 6) is -0.501. The summed E-state index contributed by atoms with van der Waals surface area (Å²) in [5.41, 5.74) is 1.37. The van der Waals surface area contributed by atoms with Gasteiger partial charge in [0, 0.05) is 28.3 Å². The van der Waals surface area contributed by atoms with Gasteiger partial charge in [0.25, 0.3) is 0 Å². The largest absolute Gasteiger partial charge is 0.326 e. The molecule has 8 heteroatoms. The lowest BCUT2D eigenvalue weighted by Crippen LogP contribution is -2.28. The van der Waals surface area contributed by atoms with Crippen molar-refractivity contribution in [3.05, 3.63) is 29.3 Å². The van der Waals surface area contributed by atoms with Crippen molar-refractivity contribution in [1.29, 1.82) is 0 Å². The Kier molecular flexibility index (Phi) is 6.24. The monoisotopic (exact) mass is 380 g/mol.